The van der Waals surface area contributed by atoms with E-state index in [9.17, 15) is 19.5 Å². The number of benzene rings is 3. The molecule has 0 unspecified atom stereocenters. The van der Waals surface area contributed by atoms with Crippen LogP contribution in [-0.2, 0) is 18.3 Å². The van der Waals surface area contributed by atoms with Crippen molar-refractivity contribution in [1.82, 2.24) is 14.9 Å². The maximum atomic E-state index is 13.3. The number of halogens is 2. The van der Waals surface area contributed by atoms with Gasteiger partial charge in [-0.15, -0.1) is 0 Å². The van der Waals surface area contributed by atoms with Crippen molar-refractivity contribution < 1.29 is 14.7 Å². The summed E-state index contributed by atoms with van der Waals surface area (Å²) < 4.78 is 1.61. The lowest BCUT2D eigenvalue weighted by atomic mass is 9.95. The van der Waals surface area contributed by atoms with Gasteiger partial charge in [0.15, 0.2) is 0 Å². The van der Waals surface area contributed by atoms with Crippen molar-refractivity contribution >= 4 is 56.9 Å². The molecular formula is C29H21Cl2N3O4. The highest BCUT2D eigenvalue weighted by Gasteiger charge is 2.25. The van der Waals surface area contributed by atoms with Crippen LogP contribution in [-0.4, -0.2) is 32.6 Å². The second kappa shape index (κ2) is 10.3. The third-order valence-corrected chi connectivity index (χ3v) is 7.12. The summed E-state index contributed by atoms with van der Waals surface area (Å²) in [5.41, 5.74) is 2.99. The van der Waals surface area contributed by atoms with Gasteiger partial charge in [-0.1, -0.05) is 65.7 Å². The molecule has 0 bridgehead atoms. The van der Waals surface area contributed by atoms with E-state index in [1.54, 1.807) is 42.1 Å². The minimum absolute atomic E-state index is 0.00700. The summed E-state index contributed by atoms with van der Waals surface area (Å²) in [6.45, 7) is 0. The first kappa shape index (κ1) is 25.4. The fourth-order valence-electron chi connectivity index (χ4n) is 4.61. The molecule has 5 aromatic rings. The Balaban J connectivity index is 1.56. The molecule has 0 fully saturated rings. The number of hydrogen-bond donors (Lipinski definition) is 2. The predicted octanol–water partition coefficient (Wildman–Crippen LogP) is 5.49. The molecule has 0 radical (unpaired) electrons. The highest BCUT2D eigenvalue weighted by Crippen LogP contribution is 2.30. The number of aromatic nitrogens is 2. The average Bonchev–Trinajstić information content (AvgIpc) is 2.90. The third-order valence-electron chi connectivity index (χ3n) is 6.49. The minimum atomic E-state index is -1.28. The normalized spacial score (nSPS) is 12.0. The van der Waals surface area contributed by atoms with Crippen LogP contribution >= 0.6 is 23.2 Å². The van der Waals surface area contributed by atoms with Crippen molar-refractivity contribution in [3.05, 3.63) is 111 Å². The summed E-state index contributed by atoms with van der Waals surface area (Å²) >= 11 is 12.3. The number of nitrogens with zero attached hydrogens (tertiary/aromatic N) is 2. The van der Waals surface area contributed by atoms with Crippen molar-refractivity contribution in [1.29, 1.82) is 0 Å². The Labute approximate surface area is 227 Å². The Morgan fingerprint density at radius 1 is 0.974 bits per heavy atom. The van der Waals surface area contributed by atoms with E-state index in [0.29, 0.717) is 27.6 Å². The summed E-state index contributed by atoms with van der Waals surface area (Å²) in [5, 5.41) is 14.3. The van der Waals surface area contributed by atoms with E-state index in [1.807, 2.05) is 36.4 Å². The number of carbonyl (C=O) groups excluding carboxylic acids is 1. The lowest BCUT2D eigenvalue weighted by Gasteiger charge is -2.18. The van der Waals surface area contributed by atoms with Gasteiger partial charge in [-0.3, -0.25) is 14.6 Å². The van der Waals surface area contributed by atoms with E-state index in [1.165, 1.54) is 12.1 Å². The summed E-state index contributed by atoms with van der Waals surface area (Å²) in [6, 6.07) is 19.9. The number of carboxylic acids is 1. The Morgan fingerprint density at radius 3 is 2.45 bits per heavy atom. The van der Waals surface area contributed by atoms with Gasteiger partial charge in [-0.25, -0.2) is 4.79 Å². The summed E-state index contributed by atoms with van der Waals surface area (Å²) in [6.07, 6.45) is 1.55. The van der Waals surface area contributed by atoms with Crippen molar-refractivity contribution in [2.24, 2.45) is 7.05 Å². The van der Waals surface area contributed by atoms with Crippen LogP contribution in [0.1, 0.15) is 15.9 Å². The largest absolute Gasteiger partial charge is 0.480 e. The lowest BCUT2D eigenvalue weighted by Crippen LogP contribution is -2.42. The minimum Gasteiger partial charge on any atom is -0.480 e. The highest BCUT2D eigenvalue weighted by atomic mass is 35.5. The van der Waals surface area contributed by atoms with Gasteiger partial charge >= 0.3 is 5.97 Å². The van der Waals surface area contributed by atoms with Crippen LogP contribution in [0.15, 0.2) is 83.8 Å². The molecule has 9 heteroatoms. The van der Waals surface area contributed by atoms with E-state index in [4.69, 9.17) is 23.2 Å². The molecule has 0 aliphatic heterocycles. The molecule has 0 aliphatic rings. The molecule has 5 rings (SSSR count). The topological polar surface area (TPSA) is 101 Å². The zero-order valence-corrected chi connectivity index (χ0v) is 21.6. The average molecular weight is 546 g/mol. The monoisotopic (exact) mass is 545 g/mol. The van der Waals surface area contributed by atoms with Crippen LogP contribution in [0.3, 0.4) is 0 Å². The lowest BCUT2D eigenvalue weighted by molar-refractivity contribution is -0.139. The second-order valence-electron chi connectivity index (χ2n) is 8.82. The number of amides is 1. The highest BCUT2D eigenvalue weighted by molar-refractivity contribution is 6.39. The molecule has 1 atom stereocenters. The fraction of sp³-hybridized carbons (Fsp3) is 0.103. The van der Waals surface area contributed by atoms with Gasteiger partial charge in [0, 0.05) is 30.6 Å². The number of para-hydroxylation sites is 1. The molecule has 0 saturated carbocycles. The summed E-state index contributed by atoms with van der Waals surface area (Å²) in [5.74, 6) is -1.92. The predicted molar refractivity (Wildman–Crippen MR) is 149 cm³/mol. The molecule has 0 spiro atoms. The van der Waals surface area contributed by atoms with E-state index < -0.39 is 17.9 Å². The molecule has 1 amide bonds. The number of nitrogens with one attached hydrogen (secondary N) is 1. The Bertz CT molecular complexity index is 1780. The number of carbonyl (C=O) groups is 2. The quantitative estimate of drug-likeness (QED) is 0.294. The van der Waals surface area contributed by atoms with Crippen LogP contribution in [0.25, 0.3) is 32.9 Å². The number of pyridine rings is 2. The molecule has 3 aromatic carbocycles. The van der Waals surface area contributed by atoms with Crippen LogP contribution in [0.5, 0.6) is 0 Å². The molecule has 0 aliphatic carbocycles. The second-order valence-corrected chi connectivity index (χ2v) is 9.63. The Kier molecular flexibility index (Phi) is 6.89. The van der Waals surface area contributed by atoms with Crippen molar-refractivity contribution in [2.45, 2.75) is 12.5 Å². The zero-order chi connectivity index (χ0) is 27.0. The van der Waals surface area contributed by atoms with Gasteiger partial charge in [0.1, 0.15) is 6.04 Å². The molecule has 38 heavy (non-hydrogen) atoms. The van der Waals surface area contributed by atoms with E-state index in [0.717, 1.165) is 10.9 Å². The molecular weight excluding hydrogens is 525 g/mol. The first-order valence-electron chi connectivity index (χ1n) is 11.7. The van der Waals surface area contributed by atoms with Crippen LogP contribution in [0.4, 0.5) is 0 Å². The van der Waals surface area contributed by atoms with Gasteiger partial charge in [-0.05, 0) is 46.8 Å². The Hall–Kier alpha value is -4.20. The number of aliphatic carboxylic acids is 1. The van der Waals surface area contributed by atoms with Crippen LogP contribution in [0, 0.1) is 0 Å². The van der Waals surface area contributed by atoms with Crippen LogP contribution < -0.4 is 10.9 Å². The maximum Gasteiger partial charge on any atom is 0.326 e. The molecule has 0 saturated heterocycles. The first-order valence-corrected chi connectivity index (χ1v) is 12.5. The fourth-order valence-corrected chi connectivity index (χ4v) is 5.18. The summed E-state index contributed by atoms with van der Waals surface area (Å²) in [7, 11) is 1.73. The Morgan fingerprint density at radius 2 is 1.71 bits per heavy atom. The molecule has 2 aromatic heterocycles. The van der Waals surface area contributed by atoms with Crippen LogP contribution in [0.2, 0.25) is 10.0 Å². The number of carboxylic acid groups (broad SMARTS) is 1. The van der Waals surface area contributed by atoms with Gasteiger partial charge in [0.05, 0.1) is 26.6 Å². The van der Waals surface area contributed by atoms with E-state index in [-0.39, 0.29) is 27.6 Å². The molecule has 7 nitrogen and oxygen atoms in total. The van der Waals surface area contributed by atoms with E-state index >= 15 is 0 Å². The van der Waals surface area contributed by atoms with Gasteiger partial charge in [-0.2, -0.15) is 0 Å². The van der Waals surface area contributed by atoms with Crippen molar-refractivity contribution in [3.8, 4) is 11.1 Å². The van der Waals surface area contributed by atoms with Gasteiger partial charge in [0.25, 0.3) is 11.5 Å². The first-order chi connectivity index (χ1) is 18.3. The maximum absolute atomic E-state index is 13.3. The number of hydrogen-bond acceptors (Lipinski definition) is 4. The number of aryl methyl sites for hydroxylation is 1. The van der Waals surface area contributed by atoms with E-state index in [2.05, 4.69) is 10.3 Å². The summed E-state index contributed by atoms with van der Waals surface area (Å²) in [4.78, 5) is 42.8. The standard InChI is InChI=1S/C29H21Cl2N3O4/c1-34-24-10-3-2-6-16(24)14-20(28(34)36)18-12-11-17(26-19(18)7-5-13-32-26)15-23(29(37)38)33-27(35)25-21(30)8-4-9-22(25)31/h2-14,23H,15H2,1H3,(H,33,35)(H,37,38)/t23-/m0/s1. The van der Waals surface area contributed by atoms with Crippen molar-refractivity contribution in [2.75, 3.05) is 0 Å². The van der Waals surface area contributed by atoms with Crippen molar-refractivity contribution in [3.63, 3.8) is 0 Å². The zero-order valence-electron chi connectivity index (χ0n) is 20.1. The molecule has 2 N–H and O–H groups in total. The number of rotatable bonds is 6. The molecule has 2 heterocycles. The third kappa shape index (κ3) is 4.62. The molecule has 190 valence electrons. The number of fused-ring (bicyclic) bond motifs is 2. The van der Waals surface area contributed by atoms with Gasteiger partial charge < -0.3 is 15.0 Å². The smallest absolute Gasteiger partial charge is 0.326 e. The SMILES string of the molecule is Cn1c(=O)c(-c2ccc(C[C@H](NC(=O)c3c(Cl)cccc3Cl)C(=O)O)c3ncccc23)cc2ccccc21. The van der Waals surface area contributed by atoms with Gasteiger partial charge in [0.2, 0.25) is 0 Å².